The first-order chi connectivity index (χ1) is 12.0. The number of rotatable bonds is 7. The number of furan rings is 1. The third kappa shape index (κ3) is 5.18. The molecule has 1 heterocycles. The van der Waals surface area contributed by atoms with E-state index in [1.807, 2.05) is 6.07 Å². The summed E-state index contributed by atoms with van der Waals surface area (Å²) >= 11 is 0. The van der Waals surface area contributed by atoms with Crippen molar-refractivity contribution in [3.63, 3.8) is 0 Å². The Morgan fingerprint density at radius 1 is 1.36 bits per heavy atom. The van der Waals surface area contributed by atoms with Gasteiger partial charge in [-0.2, -0.15) is 5.26 Å². The second kappa shape index (κ2) is 8.64. The molecule has 1 aromatic heterocycles. The Bertz CT molecular complexity index is 781. The minimum Gasteiger partial charge on any atom is -0.467 e. The standard InChI is InChI=1S/C18H17FN2O4/c1-13-5-6-14(10-16(13)19)18(23)25-12-17(22)21(8-3-7-20)11-15-4-2-9-24-15/h2,4-6,9-10H,3,8,11-12H2,1H3. The van der Waals surface area contributed by atoms with E-state index in [9.17, 15) is 14.0 Å². The molecule has 0 aliphatic rings. The summed E-state index contributed by atoms with van der Waals surface area (Å²) in [7, 11) is 0. The molecule has 2 aromatic rings. The molecule has 1 aromatic carbocycles. The van der Waals surface area contributed by atoms with Crippen molar-refractivity contribution in [1.82, 2.24) is 4.90 Å². The molecule has 0 saturated carbocycles. The summed E-state index contributed by atoms with van der Waals surface area (Å²) < 4.78 is 23.6. The molecule has 2 rings (SSSR count). The Morgan fingerprint density at radius 2 is 2.16 bits per heavy atom. The van der Waals surface area contributed by atoms with Gasteiger partial charge in [0.2, 0.25) is 0 Å². The molecule has 7 heteroatoms. The van der Waals surface area contributed by atoms with Gasteiger partial charge in [-0.25, -0.2) is 9.18 Å². The van der Waals surface area contributed by atoms with Crippen LogP contribution in [0.15, 0.2) is 41.0 Å². The number of hydrogen-bond donors (Lipinski definition) is 0. The van der Waals surface area contributed by atoms with Gasteiger partial charge in [0.25, 0.3) is 5.91 Å². The number of nitriles is 1. The van der Waals surface area contributed by atoms with Crippen molar-refractivity contribution < 1.29 is 23.1 Å². The van der Waals surface area contributed by atoms with Crippen LogP contribution >= 0.6 is 0 Å². The van der Waals surface area contributed by atoms with Gasteiger partial charge in [-0.05, 0) is 36.8 Å². The number of ether oxygens (including phenoxy) is 1. The molecule has 0 saturated heterocycles. The van der Waals surface area contributed by atoms with E-state index in [-0.39, 0.29) is 25.1 Å². The molecule has 25 heavy (non-hydrogen) atoms. The SMILES string of the molecule is Cc1ccc(C(=O)OCC(=O)N(CCC#N)Cc2ccco2)cc1F. The maximum atomic E-state index is 13.5. The third-order valence-corrected chi connectivity index (χ3v) is 3.51. The zero-order valence-electron chi connectivity index (χ0n) is 13.7. The molecule has 0 atom stereocenters. The highest BCUT2D eigenvalue weighted by atomic mass is 19.1. The second-order valence-electron chi connectivity index (χ2n) is 5.34. The Hall–Kier alpha value is -3.14. The number of amides is 1. The van der Waals surface area contributed by atoms with Gasteiger partial charge in [-0.15, -0.1) is 0 Å². The molecule has 0 N–H and O–H groups in total. The highest BCUT2D eigenvalue weighted by Gasteiger charge is 2.18. The predicted molar refractivity (Wildman–Crippen MR) is 85.8 cm³/mol. The quantitative estimate of drug-likeness (QED) is 0.721. The molecular weight excluding hydrogens is 327 g/mol. The van der Waals surface area contributed by atoms with Crippen molar-refractivity contribution in [3.05, 3.63) is 59.3 Å². The van der Waals surface area contributed by atoms with Crippen LogP contribution in [-0.2, 0) is 16.1 Å². The van der Waals surface area contributed by atoms with E-state index in [1.165, 1.54) is 23.3 Å². The summed E-state index contributed by atoms with van der Waals surface area (Å²) in [5, 5.41) is 8.71. The fraction of sp³-hybridized carbons (Fsp3) is 0.278. The van der Waals surface area contributed by atoms with Crippen LogP contribution in [0.1, 0.15) is 28.1 Å². The van der Waals surface area contributed by atoms with E-state index in [0.717, 1.165) is 6.07 Å². The molecule has 0 spiro atoms. The van der Waals surface area contributed by atoms with Gasteiger partial charge in [0.05, 0.1) is 30.9 Å². The minimum absolute atomic E-state index is 0.0329. The van der Waals surface area contributed by atoms with Gasteiger partial charge in [-0.1, -0.05) is 6.07 Å². The highest BCUT2D eigenvalue weighted by molar-refractivity contribution is 5.91. The van der Waals surface area contributed by atoms with Gasteiger partial charge in [0, 0.05) is 6.54 Å². The van der Waals surface area contributed by atoms with E-state index < -0.39 is 24.3 Å². The molecule has 6 nitrogen and oxygen atoms in total. The Labute approximate surface area is 144 Å². The summed E-state index contributed by atoms with van der Waals surface area (Å²) in [4.78, 5) is 25.6. The van der Waals surface area contributed by atoms with Crippen LogP contribution < -0.4 is 0 Å². The van der Waals surface area contributed by atoms with Crippen molar-refractivity contribution in [3.8, 4) is 6.07 Å². The van der Waals surface area contributed by atoms with E-state index in [0.29, 0.717) is 11.3 Å². The monoisotopic (exact) mass is 344 g/mol. The van der Waals surface area contributed by atoms with Crippen molar-refractivity contribution >= 4 is 11.9 Å². The number of carbonyl (C=O) groups excluding carboxylic acids is 2. The van der Waals surface area contributed by atoms with Gasteiger partial charge in [0.15, 0.2) is 6.61 Å². The van der Waals surface area contributed by atoms with Crippen LogP contribution in [-0.4, -0.2) is 29.9 Å². The average molecular weight is 344 g/mol. The lowest BCUT2D eigenvalue weighted by atomic mass is 10.1. The third-order valence-electron chi connectivity index (χ3n) is 3.51. The number of esters is 1. The van der Waals surface area contributed by atoms with Gasteiger partial charge >= 0.3 is 5.97 Å². The molecule has 0 aliphatic carbocycles. The Morgan fingerprint density at radius 3 is 2.80 bits per heavy atom. The second-order valence-corrected chi connectivity index (χ2v) is 5.34. The van der Waals surface area contributed by atoms with Gasteiger partial charge < -0.3 is 14.1 Å². The lowest BCUT2D eigenvalue weighted by molar-refractivity contribution is -0.135. The zero-order valence-corrected chi connectivity index (χ0v) is 13.7. The summed E-state index contributed by atoms with van der Waals surface area (Å²) in [6.45, 7) is 1.44. The van der Waals surface area contributed by atoms with E-state index >= 15 is 0 Å². The first kappa shape index (κ1) is 18.2. The number of halogens is 1. The van der Waals surface area contributed by atoms with Crippen molar-refractivity contribution in [2.45, 2.75) is 19.9 Å². The van der Waals surface area contributed by atoms with Crippen molar-refractivity contribution in [1.29, 1.82) is 5.26 Å². The predicted octanol–water partition coefficient (Wildman–Crippen LogP) is 2.83. The van der Waals surface area contributed by atoms with Crippen LogP contribution in [0.2, 0.25) is 0 Å². The van der Waals surface area contributed by atoms with Crippen LogP contribution in [0.25, 0.3) is 0 Å². The summed E-state index contributed by atoms with van der Waals surface area (Å²) in [5.74, 6) is -1.22. The summed E-state index contributed by atoms with van der Waals surface area (Å²) in [5.41, 5.74) is 0.444. The molecule has 1 amide bonds. The number of carbonyl (C=O) groups is 2. The Kier molecular flexibility index (Phi) is 6.29. The number of aryl methyl sites for hydroxylation is 1. The topological polar surface area (TPSA) is 83.5 Å². The van der Waals surface area contributed by atoms with Gasteiger partial charge in [0.1, 0.15) is 11.6 Å². The smallest absolute Gasteiger partial charge is 0.338 e. The van der Waals surface area contributed by atoms with Crippen LogP contribution in [0.3, 0.4) is 0 Å². The largest absolute Gasteiger partial charge is 0.467 e. The minimum atomic E-state index is -0.787. The van der Waals surface area contributed by atoms with E-state index in [2.05, 4.69) is 0 Å². The lowest BCUT2D eigenvalue weighted by Crippen LogP contribution is -2.35. The average Bonchev–Trinajstić information content (AvgIpc) is 3.11. The normalized spacial score (nSPS) is 10.1. The maximum Gasteiger partial charge on any atom is 0.338 e. The van der Waals surface area contributed by atoms with Gasteiger partial charge in [-0.3, -0.25) is 4.79 Å². The molecular formula is C18H17FN2O4. The first-order valence-corrected chi connectivity index (χ1v) is 7.61. The van der Waals surface area contributed by atoms with Crippen LogP contribution in [0.4, 0.5) is 4.39 Å². The lowest BCUT2D eigenvalue weighted by Gasteiger charge is -2.20. The van der Waals surface area contributed by atoms with E-state index in [1.54, 1.807) is 19.1 Å². The van der Waals surface area contributed by atoms with Crippen molar-refractivity contribution in [2.24, 2.45) is 0 Å². The molecule has 0 radical (unpaired) electrons. The van der Waals surface area contributed by atoms with Crippen molar-refractivity contribution in [2.75, 3.05) is 13.2 Å². The zero-order chi connectivity index (χ0) is 18.2. The molecule has 0 aliphatic heterocycles. The summed E-state index contributed by atoms with van der Waals surface area (Å²) in [6, 6.07) is 9.31. The number of nitrogens with zero attached hydrogens (tertiary/aromatic N) is 2. The van der Waals surface area contributed by atoms with Crippen LogP contribution in [0.5, 0.6) is 0 Å². The first-order valence-electron chi connectivity index (χ1n) is 7.61. The van der Waals surface area contributed by atoms with Crippen LogP contribution in [0, 0.1) is 24.1 Å². The maximum absolute atomic E-state index is 13.5. The molecule has 0 fully saturated rings. The molecule has 0 bridgehead atoms. The van der Waals surface area contributed by atoms with E-state index in [4.69, 9.17) is 14.4 Å². The highest BCUT2D eigenvalue weighted by Crippen LogP contribution is 2.11. The Balaban J connectivity index is 1.96. The molecule has 130 valence electrons. The fourth-order valence-electron chi connectivity index (χ4n) is 2.09. The number of benzene rings is 1. The number of hydrogen-bond acceptors (Lipinski definition) is 5. The molecule has 0 unspecified atom stereocenters. The fourth-order valence-corrected chi connectivity index (χ4v) is 2.09. The summed E-state index contributed by atoms with van der Waals surface area (Å²) in [6.07, 6.45) is 1.62.